The summed E-state index contributed by atoms with van der Waals surface area (Å²) in [6.07, 6.45) is 1.91. The van der Waals surface area contributed by atoms with Crippen molar-refractivity contribution in [3.05, 3.63) is 29.8 Å². The van der Waals surface area contributed by atoms with Crippen LogP contribution >= 0.6 is 0 Å². The van der Waals surface area contributed by atoms with Gasteiger partial charge in [-0.25, -0.2) is 0 Å². The van der Waals surface area contributed by atoms with Gasteiger partial charge in [-0.15, -0.1) is 0 Å². The van der Waals surface area contributed by atoms with E-state index in [1.54, 1.807) is 24.3 Å². The molecule has 0 heterocycles. The molecule has 84 valence electrons. The second-order valence-electron chi connectivity index (χ2n) is 3.48. The largest absolute Gasteiger partial charge is 0.494 e. The zero-order valence-electron chi connectivity index (χ0n) is 9.40. The SMILES string of the molecule is CCC(=O)CCCOc1ccc(C#N)cc1. The van der Waals surface area contributed by atoms with Crippen LogP contribution in [0.2, 0.25) is 0 Å². The monoisotopic (exact) mass is 217 g/mol. The maximum absolute atomic E-state index is 11.0. The van der Waals surface area contributed by atoms with E-state index < -0.39 is 0 Å². The molecule has 0 aliphatic carbocycles. The summed E-state index contributed by atoms with van der Waals surface area (Å²) in [6.45, 7) is 2.40. The van der Waals surface area contributed by atoms with Gasteiger partial charge in [0, 0.05) is 12.8 Å². The molecule has 1 aromatic carbocycles. The summed E-state index contributed by atoms with van der Waals surface area (Å²) >= 11 is 0. The van der Waals surface area contributed by atoms with Crippen molar-refractivity contribution >= 4 is 5.78 Å². The third-order valence-electron chi connectivity index (χ3n) is 2.25. The molecule has 0 N–H and O–H groups in total. The first-order valence-corrected chi connectivity index (χ1v) is 5.41. The van der Waals surface area contributed by atoms with Crippen LogP contribution in [-0.4, -0.2) is 12.4 Å². The Bertz CT molecular complexity index is 376. The average molecular weight is 217 g/mol. The number of benzene rings is 1. The molecule has 0 saturated heterocycles. The number of ether oxygens (including phenoxy) is 1. The topological polar surface area (TPSA) is 50.1 Å². The van der Waals surface area contributed by atoms with E-state index in [-0.39, 0.29) is 5.78 Å². The van der Waals surface area contributed by atoms with Gasteiger partial charge in [0.05, 0.1) is 18.2 Å². The highest BCUT2D eigenvalue weighted by atomic mass is 16.5. The molecule has 1 aromatic rings. The summed E-state index contributed by atoms with van der Waals surface area (Å²) in [5.41, 5.74) is 0.619. The van der Waals surface area contributed by atoms with Gasteiger partial charge in [-0.05, 0) is 30.7 Å². The maximum Gasteiger partial charge on any atom is 0.132 e. The van der Waals surface area contributed by atoms with Gasteiger partial charge in [0.2, 0.25) is 0 Å². The van der Waals surface area contributed by atoms with Crippen molar-refractivity contribution in [2.24, 2.45) is 0 Å². The molecule has 3 heteroatoms. The molecule has 0 aromatic heterocycles. The normalized spacial score (nSPS) is 9.50. The predicted octanol–water partition coefficient (Wildman–Crippen LogP) is 2.70. The Hall–Kier alpha value is -1.82. The average Bonchev–Trinajstić information content (AvgIpc) is 2.35. The Kier molecular flexibility index (Phi) is 5.07. The van der Waals surface area contributed by atoms with Crippen molar-refractivity contribution < 1.29 is 9.53 Å². The highest BCUT2D eigenvalue weighted by molar-refractivity contribution is 5.77. The van der Waals surface area contributed by atoms with Crippen LogP contribution in [0.4, 0.5) is 0 Å². The molecule has 3 nitrogen and oxygen atoms in total. The standard InChI is InChI=1S/C13H15NO2/c1-2-12(15)4-3-9-16-13-7-5-11(10-14)6-8-13/h5-8H,2-4,9H2,1H3. The number of nitriles is 1. The Morgan fingerprint density at radius 1 is 1.38 bits per heavy atom. The summed E-state index contributed by atoms with van der Waals surface area (Å²) < 4.78 is 5.44. The van der Waals surface area contributed by atoms with Crippen LogP contribution in [-0.2, 0) is 4.79 Å². The van der Waals surface area contributed by atoms with Crippen molar-refractivity contribution in [2.45, 2.75) is 26.2 Å². The number of rotatable bonds is 6. The van der Waals surface area contributed by atoms with Gasteiger partial charge < -0.3 is 4.74 Å². The van der Waals surface area contributed by atoms with Crippen LogP contribution < -0.4 is 4.74 Å². The second kappa shape index (κ2) is 6.62. The highest BCUT2D eigenvalue weighted by Gasteiger charge is 1.99. The van der Waals surface area contributed by atoms with Crippen LogP contribution in [0.3, 0.4) is 0 Å². The lowest BCUT2D eigenvalue weighted by atomic mass is 10.2. The first-order valence-electron chi connectivity index (χ1n) is 5.41. The predicted molar refractivity (Wildman–Crippen MR) is 61.2 cm³/mol. The fourth-order valence-corrected chi connectivity index (χ4v) is 1.26. The van der Waals surface area contributed by atoms with Gasteiger partial charge in [-0.2, -0.15) is 5.26 Å². The lowest BCUT2D eigenvalue weighted by Crippen LogP contribution is -2.02. The third kappa shape index (κ3) is 4.14. The van der Waals surface area contributed by atoms with Gasteiger partial charge in [0.25, 0.3) is 0 Å². The smallest absolute Gasteiger partial charge is 0.132 e. The Morgan fingerprint density at radius 2 is 2.06 bits per heavy atom. The van der Waals surface area contributed by atoms with Crippen molar-refractivity contribution in [1.29, 1.82) is 5.26 Å². The molecule has 16 heavy (non-hydrogen) atoms. The lowest BCUT2D eigenvalue weighted by molar-refractivity contribution is -0.118. The maximum atomic E-state index is 11.0. The minimum Gasteiger partial charge on any atom is -0.494 e. The number of nitrogens with zero attached hydrogens (tertiary/aromatic N) is 1. The zero-order valence-corrected chi connectivity index (χ0v) is 9.40. The van der Waals surface area contributed by atoms with Gasteiger partial charge in [0.15, 0.2) is 0 Å². The number of carbonyl (C=O) groups is 1. The molecule has 0 atom stereocenters. The van der Waals surface area contributed by atoms with E-state index in [2.05, 4.69) is 0 Å². The van der Waals surface area contributed by atoms with Gasteiger partial charge in [-0.3, -0.25) is 4.79 Å². The number of hydrogen-bond donors (Lipinski definition) is 0. The van der Waals surface area contributed by atoms with Crippen molar-refractivity contribution in [3.8, 4) is 11.8 Å². The molecule has 0 spiro atoms. The van der Waals surface area contributed by atoms with E-state index in [4.69, 9.17) is 10.00 Å². The zero-order chi connectivity index (χ0) is 11.8. The fourth-order valence-electron chi connectivity index (χ4n) is 1.26. The molecule has 0 fully saturated rings. The molecule has 0 saturated carbocycles. The summed E-state index contributed by atoms with van der Waals surface area (Å²) in [5, 5.41) is 8.60. The van der Waals surface area contributed by atoms with Crippen LogP contribution in [0.15, 0.2) is 24.3 Å². The number of ketones is 1. The van der Waals surface area contributed by atoms with Crippen LogP contribution in [0.25, 0.3) is 0 Å². The lowest BCUT2D eigenvalue weighted by Gasteiger charge is -2.05. The van der Waals surface area contributed by atoms with Gasteiger partial charge in [-0.1, -0.05) is 6.92 Å². The van der Waals surface area contributed by atoms with Crippen LogP contribution in [0, 0.1) is 11.3 Å². The molecule has 1 rings (SSSR count). The molecule has 0 radical (unpaired) electrons. The molecule has 0 aliphatic rings. The molecule has 0 bridgehead atoms. The second-order valence-corrected chi connectivity index (χ2v) is 3.48. The quantitative estimate of drug-likeness (QED) is 0.688. The Balaban J connectivity index is 2.27. The van der Waals surface area contributed by atoms with Crippen LogP contribution in [0.5, 0.6) is 5.75 Å². The molecule has 0 unspecified atom stereocenters. The number of hydrogen-bond acceptors (Lipinski definition) is 3. The minimum atomic E-state index is 0.267. The third-order valence-corrected chi connectivity index (χ3v) is 2.25. The summed E-state index contributed by atoms with van der Waals surface area (Å²) in [7, 11) is 0. The molecular weight excluding hydrogens is 202 g/mol. The number of Topliss-reactive ketones (excluding diaryl/α,β-unsaturated/α-hetero) is 1. The van der Waals surface area contributed by atoms with Gasteiger partial charge >= 0.3 is 0 Å². The first kappa shape index (κ1) is 12.3. The fraction of sp³-hybridized carbons (Fsp3) is 0.385. The van der Waals surface area contributed by atoms with E-state index in [9.17, 15) is 4.79 Å². The van der Waals surface area contributed by atoms with Crippen molar-refractivity contribution in [3.63, 3.8) is 0 Å². The Labute approximate surface area is 95.7 Å². The Morgan fingerprint density at radius 3 is 2.62 bits per heavy atom. The minimum absolute atomic E-state index is 0.267. The summed E-state index contributed by atoms with van der Waals surface area (Å²) in [5.74, 6) is 1.01. The van der Waals surface area contributed by atoms with Crippen LogP contribution in [0.1, 0.15) is 31.7 Å². The molecular formula is C13H15NO2. The van der Waals surface area contributed by atoms with E-state index in [0.29, 0.717) is 25.0 Å². The highest BCUT2D eigenvalue weighted by Crippen LogP contribution is 2.12. The van der Waals surface area contributed by atoms with Gasteiger partial charge in [0.1, 0.15) is 11.5 Å². The van der Waals surface area contributed by atoms with E-state index in [1.807, 2.05) is 13.0 Å². The molecule has 0 aliphatic heterocycles. The van der Waals surface area contributed by atoms with E-state index >= 15 is 0 Å². The summed E-state index contributed by atoms with van der Waals surface area (Å²) in [6, 6.07) is 9.00. The first-order chi connectivity index (χ1) is 7.76. The van der Waals surface area contributed by atoms with E-state index in [0.717, 1.165) is 12.2 Å². The molecule has 0 amide bonds. The van der Waals surface area contributed by atoms with E-state index in [1.165, 1.54) is 0 Å². The summed E-state index contributed by atoms with van der Waals surface area (Å²) in [4.78, 5) is 11.0. The van der Waals surface area contributed by atoms with Crippen molar-refractivity contribution in [2.75, 3.05) is 6.61 Å². The van der Waals surface area contributed by atoms with Crippen molar-refractivity contribution in [1.82, 2.24) is 0 Å². The number of carbonyl (C=O) groups excluding carboxylic acids is 1.